The lowest BCUT2D eigenvalue weighted by Crippen LogP contribution is -2.39. The highest BCUT2D eigenvalue weighted by molar-refractivity contribution is 5.78. The molecule has 0 spiro atoms. The van der Waals surface area contributed by atoms with Crippen LogP contribution in [0.5, 0.6) is 0 Å². The Morgan fingerprint density at radius 3 is 2.65 bits per heavy atom. The van der Waals surface area contributed by atoms with Crippen LogP contribution in [-0.2, 0) is 4.79 Å². The van der Waals surface area contributed by atoms with Crippen molar-refractivity contribution >= 4 is 5.91 Å². The molecule has 0 aromatic carbocycles. The number of hydrogen-bond donors (Lipinski definition) is 2. The minimum absolute atomic E-state index is 0.0893. The predicted octanol–water partition coefficient (Wildman–Crippen LogP) is 1.85. The summed E-state index contributed by atoms with van der Waals surface area (Å²) < 4.78 is 37.6. The molecule has 3 nitrogen and oxygen atoms in total. The maximum atomic E-state index is 12.5. The van der Waals surface area contributed by atoms with Crippen LogP contribution in [0, 0.1) is 11.8 Å². The zero-order chi connectivity index (χ0) is 13.1. The van der Waals surface area contributed by atoms with Gasteiger partial charge in [-0.3, -0.25) is 4.79 Å². The Morgan fingerprint density at radius 2 is 2.12 bits per heavy atom. The molecule has 6 heteroatoms. The smallest absolute Gasteiger partial charge is 0.391 e. The fourth-order valence-electron chi connectivity index (χ4n) is 2.12. The van der Waals surface area contributed by atoms with Crippen LogP contribution in [0.1, 0.15) is 32.6 Å². The average molecular weight is 253 g/mol. The standard InChI is InChI=1S/C11H18F3NO2/c1-7(16)6-15-10(17)8-3-2-4-9(5-8)11(12,13)14/h7-9,16H,2-6H2,1H3,(H,15,17)/t7-,8?,9?/m0/s1. The SMILES string of the molecule is C[C@H](O)CNC(=O)C1CCCC(C(F)(F)F)C1. The number of aliphatic hydroxyl groups is 1. The highest BCUT2D eigenvalue weighted by Gasteiger charge is 2.43. The third-order valence-electron chi connectivity index (χ3n) is 3.08. The molecular formula is C11H18F3NO2. The highest BCUT2D eigenvalue weighted by atomic mass is 19.4. The van der Waals surface area contributed by atoms with Crippen LogP contribution >= 0.6 is 0 Å². The molecule has 2 N–H and O–H groups in total. The number of nitrogens with one attached hydrogen (secondary N) is 1. The molecule has 0 aliphatic heterocycles. The minimum Gasteiger partial charge on any atom is -0.392 e. The second-order valence-corrected chi connectivity index (χ2v) is 4.70. The molecule has 0 heterocycles. The lowest BCUT2D eigenvalue weighted by atomic mass is 9.80. The van der Waals surface area contributed by atoms with E-state index in [4.69, 9.17) is 5.11 Å². The van der Waals surface area contributed by atoms with Crippen molar-refractivity contribution in [3.63, 3.8) is 0 Å². The van der Waals surface area contributed by atoms with Gasteiger partial charge in [-0.1, -0.05) is 6.42 Å². The van der Waals surface area contributed by atoms with Gasteiger partial charge in [0.05, 0.1) is 12.0 Å². The topological polar surface area (TPSA) is 49.3 Å². The van der Waals surface area contributed by atoms with Crippen molar-refractivity contribution in [2.45, 2.75) is 44.9 Å². The Bertz CT molecular complexity index is 266. The summed E-state index contributed by atoms with van der Waals surface area (Å²) in [5.41, 5.74) is 0. The second-order valence-electron chi connectivity index (χ2n) is 4.70. The van der Waals surface area contributed by atoms with Crippen LogP contribution < -0.4 is 5.32 Å². The number of carbonyl (C=O) groups is 1. The van der Waals surface area contributed by atoms with Crippen molar-refractivity contribution < 1.29 is 23.1 Å². The number of aliphatic hydroxyl groups excluding tert-OH is 1. The molecule has 0 aromatic rings. The van der Waals surface area contributed by atoms with E-state index >= 15 is 0 Å². The summed E-state index contributed by atoms with van der Waals surface area (Å²) in [5, 5.41) is 11.5. The highest BCUT2D eigenvalue weighted by Crippen LogP contribution is 2.39. The minimum atomic E-state index is -4.21. The summed E-state index contributed by atoms with van der Waals surface area (Å²) in [6.45, 7) is 1.60. The first-order valence-electron chi connectivity index (χ1n) is 5.83. The van der Waals surface area contributed by atoms with Crippen molar-refractivity contribution in [2.24, 2.45) is 11.8 Å². The van der Waals surface area contributed by atoms with E-state index in [1.807, 2.05) is 0 Å². The number of hydrogen-bond acceptors (Lipinski definition) is 2. The van der Waals surface area contributed by atoms with Gasteiger partial charge in [0.15, 0.2) is 0 Å². The van der Waals surface area contributed by atoms with Crippen LogP contribution in [-0.4, -0.2) is 29.8 Å². The zero-order valence-electron chi connectivity index (χ0n) is 9.76. The maximum Gasteiger partial charge on any atom is 0.391 e. The summed E-state index contributed by atoms with van der Waals surface area (Å²) in [5.74, 6) is -2.31. The summed E-state index contributed by atoms with van der Waals surface area (Å²) >= 11 is 0. The average Bonchev–Trinajstić information content (AvgIpc) is 2.25. The largest absolute Gasteiger partial charge is 0.392 e. The normalized spacial score (nSPS) is 27.6. The molecule has 0 aromatic heterocycles. The van der Waals surface area contributed by atoms with E-state index in [-0.39, 0.29) is 25.3 Å². The Balaban J connectivity index is 2.46. The third kappa shape index (κ3) is 4.53. The van der Waals surface area contributed by atoms with Crippen LogP contribution in [0.15, 0.2) is 0 Å². The molecule has 1 rings (SSSR count). The summed E-state index contributed by atoms with van der Waals surface area (Å²) in [7, 11) is 0. The van der Waals surface area contributed by atoms with Crippen molar-refractivity contribution in [2.75, 3.05) is 6.54 Å². The van der Waals surface area contributed by atoms with E-state index in [0.717, 1.165) is 0 Å². The van der Waals surface area contributed by atoms with Gasteiger partial charge in [0.1, 0.15) is 0 Å². The van der Waals surface area contributed by atoms with Crippen LogP contribution in [0.4, 0.5) is 13.2 Å². The first-order chi connectivity index (χ1) is 7.80. The van der Waals surface area contributed by atoms with Gasteiger partial charge < -0.3 is 10.4 Å². The van der Waals surface area contributed by atoms with E-state index < -0.39 is 24.1 Å². The monoisotopic (exact) mass is 253 g/mol. The molecule has 0 radical (unpaired) electrons. The molecule has 1 amide bonds. The summed E-state index contributed by atoms with van der Waals surface area (Å²) in [6, 6.07) is 0. The van der Waals surface area contributed by atoms with E-state index in [1.54, 1.807) is 0 Å². The molecule has 0 bridgehead atoms. The molecule has 2 unspecified atom stereocenters. The summed E-state index contributed by atoms with van der Waals surface area (Å²) in [6.07, 6.45) is -3.97. The van der Waals surface area contributed by atoms with Gasteiger partial charge in [-0.25, -0.2) is 0 Å². The first-order valence-corrected chi connectivity index (χ1v) is 5.83. The lowest BCUT2D eigenvalue weighted by Gasteiger charge is -2.29. The Morgan fingerprint density at radius 1 is 1.47 bits per heavy atom. The molecule has 1 aliphatic rings. The van der Waals surface area contributed by atoms with Gasteiger partial charge in [-0.05, 0) is 26.2 Å². The number of alkyl halides is 3. The Kier molecular flexibility index (Phi) is 4.80. The Labute approximate surface area is 98.4 Å². The number of carbonyl (C=O) groups excluding carboxylic acids is 1. The number of halogens is 3. The van der Waals surface area contributed by atoms with Crippen LogP contribution in [0.2, 0.25) is 0 Å². The first kappa shape index (κ1) is 14.3. The molecule has 0 saturated heterocycles. The maximum absolute atomic E-state index is 12.5. The van der Waals surface area contributed by atoms with Gasteiger partial charge in [0.2, 0.25) is 5.91 Å². The van der Waals surface area contributed by atoms with E-state index in [1.165, 1.54) is 6.92 Å². The predicted molar refractivity (Wildman–Crippen MR) is 56.2 cm³/mol. The third-order valence-corrected chi connectivity index (χ3v) is 3.08. The van der Waals surface area contributed by atoms with E-state index in [2.05, 4.69) is 5.32 Å². The van der Waals surface area contributed by atoms with Gasteiger partial charge in [-0.15, -0.1) is 0 Å². The second kappa shape index (κ2) is 5.71. The van der Waals surface area contributed by atoms with Crippen molar-refractivity contribution in [1.29, 1.82) is 0 Å². The van der Waals surface area contributed by atoms with Gasteiger partial charge in [0.25, 0.3) is 0 Å². The van der Waals surface area contributed by atoms with Gasteiger partial charge >= 0.3 is 6.18 Å². The molecule has 1 fully saturated rings. The number of amides is 1. The van der Waals surface area contributed by atoms with E-state index in [9.17, 15) is 18.0 Å². The van der Waals surface area contributed by atoms with E-state index in [0.29, 0.717) is 12.8 Å². The van der Waals surface area contributed by atoms with Crippen LogP contribution in [0.3, 0.4) is 0 Å². The molecule has 1 saturated carbocycles. The number of rotatable bonds is 3. The fourth-order valence-corrected chi connectivity index (χ4v) is 2.12. The molecular weight excluding hydrogens is 235 g/mol. The summed E-state index contributed by atoms with van der Waals surface area (Å²) in [4.78, 5) is 11.6. The zero-order valence-corrected chi connectivity index (χ0v) is 9.76. The van der Waals surface area contributed by atoms with Crippen molar-refractivity contribution in [3.8, 4) is 0 Å². The molecule has 3 atom stereocenters. The van der Waals surface area contributed by atoms with Gasteiger partial charge in [0, 0.05) is 12.5 Å². The van der Waals surface area contributed by atoms with Gasteiger partial charge in [-0.2, -0.15) is 13.2 Å². The Hall–Kier alpha value is -0.780. The van der Waals surface area contributed by atoms with Crippen molar-refractivity contribution in [1.82, 2.24) is 5.32 Å². The molecule has 17 heavy (non-hydrogen) atoms. The molecule has 100 valence electrons. The molecule has 1 aliphatic carbocycles. The lowest BCUT2D eigenvalue weighted by molar-refractivity contribution is -0.186. The van der Waals surface area contributed by atoms with Crippen molar-refractivity contribution in [3.05, 3.63) is 0 Å². The van der Waals surface area contributed by atoms with Crippen LogP contribution in [0.25, 0.3) is 0 Å². The quantitative estimate of drug-likeness (QED) is 0.806. The fraction of sp³-hybridized carbons (Fsp3) is 0.909.